The topological polar surface area (TPSA) is 139 Å². The van der Waals surface area contributed by atoms with Gasteiger partial charge in [0.2, 0.25) is 11.8 Å². The van der Waals surface area contributed by atoms with Crippen molar-refractivity contribution in [3.05, 3.63) is 0 Å². The molecule has 0 spiro atoms. The van der Waals surface area contributed by atoms with Crippen LogP contribution in [-0.2, 0) is 9.59 Å². The number of hydrogen-bond acceptors (Lipinski definition) is 6. The van der Waals surface area contributed by atoms with Crippen molar-refractivity contribution in [3.63, 3.8) is 0 Å². The van der Waals surface area contributed by atoms with E-state index >= 15 is 0 Å². The summed E-state index contributed by atoms with van der Waals surface area (Å²) in [7, 11) is 0. The molecule has 10 unspecified atom stereocenters. The second-order valence-electron chi connectivity index (χ2n) is 23.9. The first-order valence-corrected chi connectivity index (χ1v) is 25.3. The first kappa shape index (κ1) is 44.4. The van der Waals surface area contributed by atoms with E-state index in [0.29, 0.717) is 96.9 Å². The average molecular weight is 823 g/mol. The molecule has 20 atom stereocenters. The predicted molar refractivity (Wildman–Crippen MR) is 233 cm³/mol. The first-order chi connectivity index (χ1) is 28.0. The van der Waals surface area contributed by atoms with Gasteiger partial charge in [-0.2, -0.15) is 0 Å². The van der Waals surface area contributed by atoms with Gasteiger partial charge in [-0.1, -0.05) is 41.5 Å². The molecule has 0 heterocycles. The van der Waals surface area contributed by atoms with Crippen LogP contribution in [0.25, 0.3) is 0 Å². The Bertz CT molecular complexity index is 1510. The van der Waals surface area contributed by atoms with Crippen molar-refractivity contribution < 1.29 is 30.0 Å². The van der Waals surface area contributed by atoms with Gasteiger partial charge in [-0.3, -0.25) is 9.59 Å². The first-order valence-electron chi connectivity index (χ1n) is 25.3. The van der Waals surface area contributed by atoms with Crippen LogP contribution < -0.4 is 10.6 Å². The second-order valence-corrected chi connectivity index (χ2v) is 23.9. The zero-order chi connectivity index (χ0) is 42.1. The average Bonchev–Trinajstić information content (AvgIpc) is 3.76. The van der Waals surface area contributed by atoms with Crippen LogP contribution in [0.2, 0.25) is 0 Å². The Morgan fingerprint density at radius 1 is 0.542 bits per heavy atom. The summed E-state index contributed by atoms with van der Waals surface area (Å²) in [5.41, 5.74) is 0.362. The maximum absolute atomic E-state index is 13.0. The lowest BCUT2D eigenvalue weighted by molar-refractivity contribution is -0.175. The fourth-order valence-electron chi connectivity index (χ4n) is 18.2. The number of carbonyl (C=O) groups excluding carboxylic acids is 2. The minimum atomic E-state index is -0.301. The number of amides is 2. The molecule has 8 saturated carbocycles. The molecule has 6 N–H and O–H groups in total. The maximum atomic E-state index is 13.0. The van der Waals surface area contributed by atoms with Crippen molar-refractivity contribution in [3.8, 4) is 0 Å². The van der Waals surface area contributed by atoms with Gasteiger partial charge in [0.05, 0.1) is 24.4 Å². The van der Waals surface area contributed by atoms with Crippen LogP contribution in [0.1, 0.15) is 176 Å². The number of fused-ring (bicyclic) bond motifs is 10. The number of nitrogens with one attached hydrogen (secondary N) is 2. The maximum Gasteiger partial charge on any atom is 0.220 e. The normalized spacial score (nSPS) is 49.9. The predicted octanol–water partition coefficient (Wildman–Crippen LogP) is 8.42. The van der Waals surface area contributed by atoms with Crippen LogP contribution in [0.15, 0.2) is 0 Å². The summed E-state index contributed by atoms with van der Waals surface area (Å²) in [4.78, 5) is 25.9. The van der Waals surface area contributed by atoms with Gasteiger partial charge in [0, 0.05) is 25.9 Å². The lowest BCUT2D eigenvalue weighted by atomic mass is 9.43. The molecule has 0 saturated heterocycles. The molecular formula is C51H86N2O6. The summed E-state index contributed by atoms with van der Waals surface area (Å²) < 4.78 is 0. The van der Waals surface area contributed by atoms with Gasteiger partial charge < -0.3 is 31.1 Å². The Balaban J connectivity index is 0.733. The standard InChI is InChI=1S/C51H86N2O6/c1-30(38-15-17-40-36-13-11-32-26-34(54)20-22-48(32,3)42(36)28-44(56)50(38,40)5)8-7-9-46(58)52-24-25-53-47(59)19-10-31(2)39-16-18-41-37-14-12-33-27-35(55)21-23-49(33,4)43(37)29-45(57)51(39,41)6/h30-45,54-57H,7-29H2,1-6H3,(H,52,58)(H,53,59)/t30-,31?,32?,33?,34+,35+,36?,37?,38?,39+,40?,41?,42?,43?,44-,45-,48-,49-,50+,51+/m0/s1. The van der Waals surface area contributed by atoms with Crippen molar-refractivity contribution in [2.75, 3.05) is 13.1 Å². The van der Waals surface area contributed by atoms with Gasteiger partial charge in [0.1, 0.15) is 0 Å². The molecule has 0 radical (unpaired) electrons. The highest BCUT2D eigenvalue weighted by molar-refractivity contribution is 5.77. The minimum absolute atomic E-state index is 0.0481. The molecule has 0 aromatic carbocycles. The Morgan fingerprint density at radius 3 is 1.46 bits per heavy atom. The molecule has 8 heteroatoms. The molecule has 59 heavy (non-hydrogen) atoms. The summed E-state index contributed by atoms with van der Waals surface area (Å²) in [5.74, 6) is 6.66. The third kappa shape index (κ3) is 7.70. The van der Waals surface area contributed by atoms with E-state index in [1.54, 1.807) is 0 Å². The van der Waals surface area contributed by atoms with Gasteiger partial charge >= 0.3 is 0 Å². The molecule has 336 valence electrons. The van der Waals surface area contributed by atoms with Crippen LogP contribution in [0.5, 0.6) is 0 Å². The van der Waals surface area contributed by atoms with Crippen LogP contribution in [-0.4, -0.2) is 69.7 Å². The smallest absolute Gasteiger partial charge is 0.220 e. The Kier molecular flexibility index (Phi) is 12.8. The van der Waals surface area contributed by atoms with E-state index in [2.05, 4.69) is 52.2 Å². The Labute approximate surface area is 358 Å². The van der Waals surface area contributed by atoms with Crippen LogP contribution in [0.4, 0.5) is 0 Å². The fourth-order valence-corrected chi connectivity index (χ4v) is 18.2. The van der Waals surface area contributed by atoms with Gasteiger partial charge in [0.25, 0.3) is 0 Å². The quantitative estimate of drug-likeness (QED) is 0.109. The molecule has 0 aromatic heterocycles. The van der Waals surface area contributed by atoms with Crippen LogP contribution in [0.3, 0.4) is 0 Å². The Hall–Kier alpha value is -1.22. The molecule has 0 bridgehead atoms. The van der Waals surface area contributed by atoms with Crippen molar-refractivity contribution >= 4 is 11.8 Å². The zero-order valence-corrected chi connectivity index (χ0v) is 38.1. The highest BCUT2D eigenvalue weighted by atomic mass is 16.3. The third-order valence-electron chi connectivity index (χ3n) is 21.7. The van der Waals surface area contributed by atoms with E-state index in [9.17, 15) is 30.0 Å². The SMILES string of the molecule is CC(CCC(=O)NCCNC(=O)CCC[C@H](C)C1CCC2C3CCC4C[C@H](O)CC[C@]4(C)C3C[C@H](O)[C@@]21C)[C@H]1CCC2C3CCC4C[C@H](O)CC[C@]4(C)C3C[C@H](O)[C@@]21C. The van der Waals surface area contributed by atoms with E-state index in [-0.39, 0.29) is 57.9 Å². The summed E-state index contributed by atoms with van der Waals surface area (Å²) >= 11 is 0. The molecule has 0 aliphatic heterocycles. The second kappa shape index (κ2) is 17.1. The lowest BCUT2D eigenvalue weighted by Gasteiger charge is -2.62. The summed E-state index contributed by atoms with van der Waals surface area (Å²) in [6.07, 6.45) is 20.2. The van der Waals surface area contributed by atoms with Gasteiger partial charge in [0.15, 0.2) is 0 Å². The number of rotatable bonds is 12. The van der Waals surface area contributed by atoms with Crippen molar-refractivity contribution in [2.45, 2.75) is 201 Å². The van der Waals surface area contributed by atoms with Gasteiger partial charge in [-0.25, -0.2) is 0 Å². The Morgan fingerprint density at radius 2 is 0.983 bits per heavy atom. The third-order valence-corrected chi connectivity index (χ3v) is 21.7. The molecule has 8 nitrogen and oxygen atoms in total. The molecule has 0 aromatic rings. The van der Waals surface area contributed by atoms with Crippen molar-refractivity contribution in [1.29, 1.82) is 0 Å². The molecule has 8 aliphatic carbocycles. The summed E-state index contributed by atoms with van der Waals surface area (Å²) in [6.45, 7) is 15.3. The van der Waals surface area contributed by atoms with E-state index in [0.717, 1.165) is 77.0 Å². The number of carbonyl (C=O) groups is 2. The largest absolute Gasteiger partial charge is 0.393 e. The highest BCUT2D eigenvalue weighted by Crippen LogP contribution is 2.70. The zero-order valence-electron chi connectivity index (χ0n) is 38.1. The fraction of sp³-hybridized carbons (Fsp3) is 0.961. The van der Waals surface area contributed by atoms with Gasteiger partial charge in [-0.05, 0) is 215 Å². The van der Waals surface area contributed by atoms with E-state index in [4.69, 9.17) is 0 Å². The number of aliphatic hydroxyl groups is 4. The molecule has 8 rings (SSSR count). The highest BCUT2D eigenvalue weighted by Gasteiger charge is 2.65. The number of aliphatic hydroxyl groups excluding tert-OH is 4. The van der Waals surface area contributed by atoms with E-state index < -0.39 is 0 Å². The summed E-state index contributed by atoms with van der Waals surface area (Å²) in [6, 6.07) is 0. The minimum Gasteiger partial charge on any atom is -0.393 e. The van der Waals surface area contributed by atoms with Gasteiger partial charge in [-0.15, -0.1) is 0 Å². The van der Waals surface area contributed by atoms with Crippen molar-refractivity contribution in [1.82, 2.24) is 10.6 Å². The monoisotopic (exact) mass is 823 g/mol. The van der Waals surface area contributed by atoms with Crippen molar-refractivity contribution in [2.24, 2.45) is 92.7 Å². The lowest BCUT2D eigenvalue weighted by Crippen LogP contribution is -2.58. The molecular weight excluding hydrogens is 737 g/mol. The molecule has 2 amide bonds. The molecule has 8 aliphatic rings. The van der Waals surface area contributed by atoms with E-state index in [1.165, 1.54) is 44.9 Å². The van der Waals surface area contributed by atoms with Crippen LogP contribution >= 0.6 is 0 Å². The number of hydrogen-bond donors (Lipinski definition) is 6. The van der Waals surface area contributed by atoms with E-state index in [1.807, 2.05) is 0 Å². The van der Waals surface area contributed by atoms with Crippen LogP contribution in [0, 0.1) is 92.7 Å². The summed E-state index contributed by atoms with van der Waals surface area (Å²) in [5, 5.41) is 50.8. The molecule has 8 fully saturated rings.